The molecule has 4 atom stereocenters. The van der Waals surface area contributed by atoms with E-state index in [0.717, 1.165) is 72.3 Å². The second-order valence-corrected chi connectivity index (χ2v) is 11.9. The van der Waals surface area contributed by atoms with Crippen molar-refractivity contribution in [1.29, 1.82) is 0 Å². The van der Waals surface area contributed by atoms with Gasteiger partial charge < -0.3 is 23.8 Å². The fraction of sp³-hybridized carbons (Fsp3) is 0.412. The summed E-state index contributed by atoms with van der Waals surface area (Å²) in [6.07, 6.45) is 4.84. The first-order valence-corrected chi connectivity index (χ1v) is 15.1. The minimum atomic E-state index is -0.473. The van der Waals surface area contributed by atoms with Crippen molar-refractivity contribution >= 4 is 23.5 Å². The van der Waals surface area contributed by atoms with E-state index in [9.17, 15) is 9.59 Å². The van der Waals surface area contributed by atoms with Crippen LogP contribution in [0.15, 0.2) is 60.7 Å². The van der Waals surface area contributed by atoms with Gasteiger partial charge in [-0.15, -0.1) is 0 Å². The summed E-state index contributed by atoms with van der Waals surface area (Å²) in [6.45, 7) is 3.90. The smallest absolute Gasteiger partial charge is 0.339 e. The molecule has 3 unspecified atom stereocenters. The maximum atomic E-state index is 13.5. The van der Waals surface area contributed by atoms with Crippen LogP contribution in [-0.2, 0) is 27.4 Å². The van der Waals surface area contributed by atoms with Crippen molar-refractivity contribution in [2.24, 2.45) is 5.92 Å². The number of hydrogen-bond acceptors (Lipinski definition) is 6. The summed E-state index contributed by atoms with van der Waals surface area (Å²) in [4.78, 5) is 27.5. The molecule has 3 aliphatic rings. The molecule has 0 bridgehead atoms. The van der Waals surface area contributed by atoms with Gasteiger partial charge in [0.15, 0.2) is 6.29 Å². The fourth-order valence-electron chi connectivity index (χ4n) is 6.36. The summed E-state index contributed by atoms with van der Waals surface area (Å²) in [5, 5.41) is 0.350. The van der Waals surface area contributed by atoms with Gasteiger partial charge in [0.1, 0.15) is 12.4 Å². The Hall–Kier alpha value is -3.39. The summed E-state index contributed by atoms with van der Waals surface area (Å²) in [7, 11) is 1.34. The average Bonchev–Trinajstić information content (AvgIpc) is 3.54. The zero-order chi connectivity index (χ0) is 29.2. The lowest BCUT2D eigenvalue weighted by Crippen LogP contribution is -2.43. The molecule has 0 spiro atoms. The predicted molar refractivity (Wildman–Crippen MR) is 160 cm³/mol. The number of ether oxygens (including phenoxy) is 4. The van der Waals surface area contributed by atoms with Crippen LogP contribution in [0.4, 0.5) is 0 Å². The van der Waals surface area contributed by atoms with Gasteiger partial charge in [-0.25, -0.2) is 4.79 Å². The zero-order valence-electron chi connectivity index (χ0n) is 24.0. The number of carbonyl (C=O) groups is 2. The van der Waals surface area contributed by atoms with Crippen molar-refractivity contribution in [1.82, 2.24) is 4.90 Å². The molecule has 3 aromatic carbocycles. The summed E-state index contributed by atoms with van der Waals surface area (Å²) in [6, 6.07) is 19.0. The third-order valence-electron chi connectivity index (χ3n) is 8.52. The maximum absolute atomic E-state index is 13.5. The summed E-state index contributed by atoms with van der Waals surface area (Å²) in [5.74, 6) is 0.806. The lowest BCUT2D eigenvalue weighted by molar-refractivity contribution is -0.195. The summed E-state index contributed by atoms with van der Waals surface area (Å²) >= 11 is 6.20. The molecule has 0 N–H and O–H groups in total. The Kier molecular flexibility index (Phi) is 8.52. The van der Waals surface area contributed by atoms with Crippen molar-refractivity contribution in [3.63, 3.8) is 0 Å². The number of hydrogen-bond donors (Lipinski definition) is 0. The minimum absolute atomic E-state index is 0.00584. The number of carbonyl (C=O) groups excluding carboxylic acids is 2. The van der Waals surface area contributed by atoms with Crippen molar-refractivity contribution in [2.75, 3.05) is 13.7 Å². The van der Waals surface area contributed by atoms with Crippen LogP contribution < -0.4 is 4.74 Å². The molecule has 2 aliphatic heterocycles. The van der Waals surface area contributed by atoms with E-state index in [1.165, 1.54) is 7.11 Å². The van der Waals surface area contributed by atoms with Gasteiger partial charge in [0, 0.05) is 18.7 Å². The van der Waals surface area contributed by atoms with Crippen LogP contribution in [0.5, 0.6) is 5.75 Å². The second-order valence-electron chi connectivity index (χ2n) is 11.5. The summed E-state index contributed by atoms with van der Waals surface area (Å²) < 4.78 is 23.3. The highest BCUT2D eigenvalue weighted by Crippen LogP contribution is 2.38. The van der Waals surface area contributed by atoms with Crippen molar-refractivity contribution < 1.29 is 28.5 Å². The Labute approximate surface area is 251 Å². The van der Waals surface area contributed by atoms with Crippen LogP contribution in [-0.4, -0.2) is 48.9 Å². The molecule has 2 heterocycles. The first-order valence-electron chi connectivity index (χ1n) is 14.7. The van der Waals surface area contributed by atoms with E-state index in [-0.39, 0.29) is 24.3 Å². The Balaban J connectivity index is 1.12. The lowest BCUT2D eigenvalue weighted by atomic mass is 10.0. The molecule has 1 saturated heterocycles. The SMILES string of the molecule is COC(=O)c1cc(-c2cccc(COc3ccc4c(c3)CN(C3C[C@@H](C)CC3OC3CCCCO3)C4=O)c2)ccc1Cl. The molecule has 220 valence electrons. The topological polar surface area (TPSA) is 74.3 Å². The van der Waals surface area contributed by atoms with E-state index < -0.39 is 5.97 Å². The number of nitrogens with zero attached hydrogens (tertiary/aromatic N) is 1. The highest BCUT2D eigenvalue weighted by molar-refractivity contribution is 6.33. The standard InChI is InChI=1S/C34H36ClNO6/c1-21-14-30(31(15-21)42-32-8-3-4-13-40-32)36-19-25-17-26(10-11-27(25)33(36)37)41-20-22-6-5-7-23(16-22)24-9-12-29(35)28(18-24)34(38)39-2/h5-7,9-12,16-18,21,30-32H,3-4,8,13-15,19-20H2,1-2H3/t21-,30?,31?,32?/m1/s1. The van der Waals surface area contributed by atoms with Crippen LogP contribution in [0, 0.1) is 5.92 Å². The molecule has 0 radical (unpaired) electrons. The zero-order valence-corrected chi connectivity index (χ0v) is 24.8. The molecular formula is C34H36ClNO6. The van der Waals surface area contributed by atoms with Crippen LogP contribution in [0.3, 0.4) is 0 Å². The maximum Gasteiger partial charge on any atom is 0.339 e. The number of benzene rings is 3. The highest BCUT2D eigenvalue weighted by atomic mass is 35.5. The van der Waals surface area contributed by atoms with Crippen LogP contribution in [0.25, 0.3) is 11.1 Å². The third-order valence-corrected chi connectivity index (χ3v) is 8.85. The Morgan fingerprint density at radius 2 is 1.90 bits per heavy atom. The first kappa shape index (κ1) is 28.7. The van der Waals surface area contributed by atoms with Gasteiger partial charge in [0.25, 0.3) is 5.91 Å². The number of halogens is 1. The molecule has 6 rings (SSSR count). The van der Waals surface area contributed by atoms with E-state index in [1.807, 2.05) is 53.4 Å². The largest absolute Gasteiger partial charge is 0.489 e. The molecule has 0 aromatic heterocycles. The van der Waals surface area contributed by atoms with Crippen molar-refractivity contribution in [3.05, 3.63) is 87.9 Å². The van der Waals surface area contributed by atoms with Gasteiger partial charge in [-0.1, -0.05) is 42.8 Å². The van der Waals surface area contributed by atoms with Gasteiger partial charge in [-0.3, -0.25) is 4.79 Å². The number of esters is 1. The van der Waals surface area contributed by atoms with E-state index in [2.05, 4.69) is 6.92 Å². The quantitative estimate of drug-likeness (QED) is 0.262. The normalized spacial score (nSPS) is 23.6. The number of methoxy groups -OCH3 is 1. The van der Waals surface area contributed by atoms with Crippen LogP contribution >= 0.6 is 11.6 Å². The van der Waals surface area contributed by atoms with Crippen molar-refractivity contribution in [3.8, 4) is 16.9 Å². The monoisotopic (exact) mass is 589 g/mol. The number of fused-ring (bicyclic) bond motifs is 1. The predicted octanol–water partition coefficient (Wildman–Crippen LogP) is 7.04. The summed E-state index contributed by atoms with van der Waals surface area (Å²) in [5.41, 5.74) is 4.82. The fourth-order valence-corrected chi connectivity index (χ4v) is 6.55. The number of rotatable bonds is 8. The third kappa shape index (κ3) is 6.05. The molecule has 3 aromatic rings. The molecular weight excluding hydrogens is 554 g/mol. The Morgan fingerprint density at radius 1 is 1.05 bits per heavy atom. The first-order chi connectivity index (χ1) is 20.4. The van der Waals surface area contributed by atoms with E-state index in [4.69, 9.17) is 30.5 Å². The van der Waals surface area contributed by atoms with Gasteiger partial charge >= 0.3 is 5.97 Å². The van der Waals surface area contributed by atoms with E-state index in [0.29, 0.717) is 29.7 Å². The molecule has 1 aliphatic carbocycles. The molecule has 7 nitrogen and oxygen atoms in total. The highest BCUT2D eigenvalue weighted by Gasteiger charge is 2.43. The van der Waals surface area contributed by atoms with E-state index >= 15 is 0 Å². The number of amides is 1. The van der Waals surface area contributed by atoms with Crippen molar-refractivity contribution in [2.45, 2.75) is 70.6 Å². The minimum Gasteiger partial charge on any atom is -0.489 e. The van der Waals surface area contributed by atoms with Gasteiger partial charge in [-0.2, -0.15) is 0 Å². The molecule has 1 amide bonds. The van der Waals surface area contributed by atoms with Crippen LogP contribution in [0.1, 0.15) is 70.9 Å². The molecule has 2 fully saturated rings. The Morgan fingerprint density at radius 3 is 2.71 bits per heavy atom. The molecule has 8 heteroatoms. The second kappa shape index (κ2) is 12.5. The van der Waals surface area contributed by atoms with Crippen LogP contribution in [0.2, 0.25) is 5.02 Å². The molecule has 1 saturated carbocycles. The van der Waals surface area contributed by atoms with E-state index in [1.54, 1.807) is 12.1 Å². The Bertz CT molecular complexity index is 1470. The average molecular weight is 590 g/mol. The van der Waals surface area contributed by atoms with Gasteiger partial charge in [0.05, 0.1) is 29.8 Å². The van der Waals surface area contributed by atoms with Gasteiger partial charge in [-0.05, 0) is 96.7 Å². The lowest BCUT2D eigenvalue weighted by Gasteiger charge is -2.33. The molecule has 42 heavy (non-hydrogen) atoms. The van der Waals surface area contributed by atoms with Gasteiger partial charge in [0.2, 0.25) is 0 Å².